The topological polar surface area (TPSA) is 101 Å². The van der Waals surface area contributed by atoms with Gasteiger partial charge in [0.15, 0.2) is 0 Å². The summed E-state index contributed by atoms with van der Waals surface area (Å²) in [6.07, 6.45) is 1.62. The van der Waals surface area contributed by atoms with Gasteiger partial charge in [0.1, 0.15) is 11.6 Å². The lowest BCUT2D eigenvalue weighted by molar-refractivity contribution is -0.384. The molecule has 0 atom stereocenters. The van der Waals surface area contributed by atoms with E-state index in [9.17, 15) is 20.2 Å². The first-order valence-corrected chi connectivity index (χ1v) is 10.7. The zero-order valence-corrected chi connectivity index (χ0v) is 18.8. The maximum absolute atomic E-state index is 12.8. The van der Waals surface area contributed by atoms with Crippen LogP contribution in [-0.2, 0) is 11.3 Å². The molecule has 0 saturated carbocycles. The lowest BCUT2D eigenvalue weighted by Crippen LogP contribution is -2.13. The van der Waals surface area contributed by atoms with Gasteiger partial charge in [-0.1, -0.05) is 42.5 Å². The van der Waals surface area contributed by atoms with Crippen molar-refractivity contribution in [1.82, 2.24) is 4.57 Å². The van der Waals surface area contributed by atoms with E-state index in [2.05, 4.69) is 9.88 Å². The Hall–Kier alpha value is -4.70. The molecule has 0 spiro atoms. The van der Waals surface area contributed by atoms with Gasteiger partial charge in [-0.3, -0.25) is 14.9 Å². The summed E-state index contributed by atoms with van der Waals surface area (Å²) in [5.41, 5.74) is 5.20. The number of rotatable bonds is 6. The van der Waals surface area contributed by atoms with Crippen LogP contribution in [0.4, 0.5) is 11.4 Å². The molecule has 0 aliphatic carbocycles. The molecule has 0 unspecified atom stereocenters. The highest BCUT2D eigenvalue weighted by molar-refractivity contribution is 6.11. The van der Waals surface area contributed by atoms with Crippen molar-refractivity contribution < 1.29 is 9.72 Å². The number of hydrogen-bond acceptors (Lipinski definition) is 4. The number of carbonyl (C=O) groups is 1. The first kappa shape index (κ1) is 22.5. The molecule has 1 aromatic heterocycles. The van der Waals surface area contributed by atoms with Crippen molar-refractivity contribution in [2.24, 2.45) is 0 Å². The van der Waals surface area contributed by atoms with E-state index in [1.165, 1.54) is 12.1 Å². The molecule has 34 heavy (non-hydrogen) atoms. The second-order valence-corrected chi connectivity index (χ2v) is 8.02. The van der Waals surface area contributed by atoms with Crippen LogP contribution in [0, 0.1) is 35.3 Å². The first-order valence-electron chi connectivity index (χ1n) is 10.7. The fourth-order valence-corrected chi connectivity index (χ4v) is 3.96. The number of para-hydroxylation sites is 1. The van der Waals surface area contributed by atoms with Gasteiger partial charge in [-0.25, -0.2) is 0 Å². The van der Waals surface area contributed by atoms with E-state index >= 15 is 0 Å². The van der Waals surface area contributed by atoms with E-state index in [1.807, 2.05) is 62.4 Å². The van der Waals surface area contributed by atoms with Crippen molar-refractivity contribution in [3.63, 3.8) is 0 Å². The minimum Gasteiger partial charge on any atom is -0.340 e. The number of aromatic nitrogens is 1. The standard InChI is InChI=1S/C27H22N4O3/c1-18-6-5-7-22(14-18)29-27(32)21(16-28)15-25-19(2)30(26-9-4-3-8-24(25)26)17-20-10-12-23(13-11-20)31(33)34/h3-15H,17H2,1-2H3,(H,29,32). The molecule has 7 heteroatoms. The van der Waals surface area contributed by atoms with Crippen LogP contribution >= 0.6 is 0 Å². The average molecular weight is 450 g/mol. The van der Waals surface area contributed by atoms with Crippen LogP contribution in [0.15, 0.2) is 78.4 Å². The smallest absolute Gasteiger partial charge is 0.269 e. The van der Waals surface area contributed by atoms with Crippen molar-refractivity contribution >= 4 is 34.3 Å². The van der Waals surface area contributed by atoms with Gasteiger partial charge in [0.05, 0.1) is 4.92 Å². The Morgan fingerprint density at radius 2 is 1.82 bits per heavy atom. The molecule has 3 aromatic carbocycles. The van der Waals surface area contributed by atoms with E-state index in [-0.39, 0.29) is 11.3 Å². The molecule has 4 rings (SSSR count). The summed E-state index contributed by atoms with van der Waals surface area (Å²) in [4.78, 5) is 23.4. The monoisotopic (exact) mass is 450 g/mol. The van der Waals surface area contributed by atoms with Gasteiger partial charge >= 0.3 is 0 Å². The number of amides is 1. The van der Waals surface area contributed by atoms with Crippen molar-refractivity contribution in [3.05, 3.63) is 111 Å². The quantitative estimate of drug-likeness (QED) is 0.175. The van der Waals surface area contributed by atoms with Gasteiger partial charge in [-0.15, -0.1) is 0 Å². The number of carbonyl (C=O) groups excluding carboxylic acids is 1. The number of non-ortho nitro benzene ring substituents is 1. The van der Waals surface area contributed by atoms with Crippen molar-refractivity contribution in [2.75, 3.05) is 5.32 Å². The molecule has 1 amide bonds. The Balaban J connectivity index is 1.71. The van der Waals surface area contributed by atoms with E-state index in [4.69, 9.17) is 0 Å². The predicted octanol–water partition coefficient (Wildman–Crippen LogP) is 5.76. The predicted molar refractivity (Wildman–Crippen MR) is 132 cm³/mol. The van der Waals surface area contributed by atoms with Crippen molar-refractivity contribution in [3.8, 4) is 6.07 Å². The lowest BCUT2D eigenvalue weighted by atomic mass is 10.1. The van der Waals surface area contributed by atoms with Crippen LogP contribution in [0.1, 0.15) is 22.4 Å². The fourth-order valence-electron chi connectivity index (χ4n) is 3.96. The first-order chi connectivity index (χ1) is 16.4. The summed E-state index contributed by atoms with van der Waals surface area (Å²) >= 11 is 0. The molecule has 1 heterocycles. The number of nitrogens with zero attached hydrogens (tertiary/aromatic N) is 3. The summed E-state index contributed by atoms with van der Waals surface area (Å²) in [5.74, 6) is -0.472. The average Bonchev–Trinajstić information content (AvgIpc) is 3.08. The molecule has 4 aromatic rings. The highest BCUT2D eigenvalue weighted by Crippen LogP contribution is 2.29. The number of nitro groups is 1. The highest BCUT2D eigenvalue weighted by Gasteiger charge is 2.17. The molecule has 0 radical (unpaired) electrons. The minimum absolute atomic E-state index is 0.00263. The maximum atomic E-state index is 12.8. The molecule has 0 fully saturated rings. The molecule has 1 N–H and O–H groups in total. The van der Waals surface area contributed by atoms with E-state index in [0.29, 0.717) is 12.2 Å². The van der Waals surface area contributed by atoms with Crippen LogP contribution in [0.5, 0.6) is 0 Å². The summed E-state index contributed by atoms with van der Waals surface area (Å²) < 4.78 is 2.08. The summed E-state index contributed by atoms with van der Waals surface area (Å²) in [7, 11) is 0. The normalized spacial score (nSPS) is 11.3. The summed E-state index contributed by atoms with van der Waals surface area (Å²) in [6.45, 7) is 4.36. The van der Waals surface area contributed by atoms with Gasteiger partial charge in [-0.2, -0.15) is 5.26 Å². The minimum atomic E-state index is -0.472. The Morgan fingerprint density at radius 1 is 1.09 bits per heavy atom. The Labute approximate surface area is 196 Å². The third kappa shape index (κ3) is 4.57. The number of nitro benzene ring substituents is 1. The van der Waals surface area contributed by atoms with Crippen LogP contribution in [0.2, 0.25) is 0 Å². The number of nitrogens with one attached hydrogen (secondary N) is 1. The van der Waals surface area contributed by atoms with E-state index in [1.54, 1.807) is 24.3 Å². The largest absolute Gasteiger partial charge is 0.340 e. The van der Waals surface area contributed by atoms with Crippen LogP contribution < -0.4 is 5.32 Å². The third-order valence-electron chi connectivity index (χ3n) is 5.70. The van der Waals surface area contributed by atoms with Crippen LogP contribution in [0.3, 0.4) is 0 Å². The number of benzene rings is 3. The summed E-state index contributed by atoms with van der Waals surface area (Å²) in [6, 6.07) is 23.6. The molecule has 168 valence electrons. The highest BCUT2D eigenvalue weighted by atomic mass is 16.6. The second kappa shape index (κ2) is 9.43. The molecule has 0 saturated heterocycles. The zero-order chi connectivity index (χ0) is 24.2. The molecular formula is C27H22N4O3. The molecule has 0 aliphatic rings. The van der Waals surface area contributed by atoms with Gasteiger partial charge in [0, 0.05) is 46.5 Å². The van der Waals surface area contributed by atoms with Crippen molar-refractivity contribution in [1.29, 1.82) is 5.26 Å². The van der Waals surface area contributed by atoms with Gasteiger partial charge in [0.2, 0.25) is 0 Å². The van der Waals surface area contributed by atoms with Crippen molar-refractivity contribution in [2.45, 2.75) is 20.4 Å². The Bertz CT molecular complexity index is 1470. The number of nitriles is 1. The molecule has 7 nitrogen and oxygen atoms in total. The number of hydrogen-bond donors (Lipinski definition) is 1. The van der Waals surface area contributed by atoms with E-state index in [0.717, 1.165) is 33.3 Å². The Morgan fingerprint density at radius 3 is 2.50 bits per heavy atom. The SMILES string of the molecule is Cc1cccc(NC(=O)C(C#N)=Cc2c(C)n(Cc3ccc([N+](=O)[O-])cc3)c3ccccc23)c1. The number of anilines is 1. The molecule has 0 aliphatic heterocycles. The fraction of sp³-hybridized carbons (Fsp3) is 0.111. The zero-order valence-electron chi connectivity index (χ0n) is 18.8. The van der Waals surface area contributed by atoms with Gasteiger partial charge in [-0.05, 0) is 49.2 Å². The van der Waals surface area contributed by atoms with E-state index < -0.39 is 10.8 Å². The summed E-state index contributed by atoms with van der Waals surface area (Å²) in [5, 5.41) is 24.4. The third-order valence-corrected chi connectivity index (χ3v) is 5.70. The maximum Gasteiger partial charge on any atom is 0.269 e. The van der Waals surface area contributed by atoms with Gasteiger partial charge in [0.25, 0.3) is 11.6 Å². The van der Waals surface area contributed by atoms with Crippen LogP contribution in [0.25, 0.3) is 17.0 Å². The Kier molecular flexibility index (Phi) is 6.24. The van der Waals surface area contributed by atoms with Crippen LogP contribution in [-0.4, -0.2) is 15.4 Å². The number of aryl methyl sites for hydroxylation is 1. The molecular weight excluding hydrogens is 428 g/mol. The molecule has 0 bridgehead atoms. The lowest BCUT2D eigenvalue weighted by Gasteiger charge is -2.09. The number of fused-ring (bicyclic) bond motifs is 1. The van der Waals surface area contributed by atoms with Gasteiger partial charge < -0.3 is 9.88 Å². The second-order valence-electron chi connectivity index (χ2n) is 8.02.